The minimum absolute atomic E-state index is 0.264. The van der Waals surface area contributed by atoms with Crippen molar-refractivity contribution in [3.63, 3.8) is 0 Å². The SMILES string of the molecule is CC1=C(C)C[C@H](c2ccccc2)OC1. The highest BCUT2D eigenvalue weighted by molar-refractivity contribution is 5.23. The fourth-order valence-electron chi connectivity index (χ4n) is 1.74. The second kappa shape index (κ2) is 3.97. The molecule has 14 heavy (non-hydrogen) atoms. The second-order valence-corrected chi connectivity index (χ2v) is 3.98. The van der Waals surface area contributed by atoms with Crippen molar-refractivity contribution in [3.05, 3.63) is 47.0 Å². The summed E-state index contributed by atoms with van der Waals surface area (Å²) in [6.45, 7) is 5.13. The monoisotopic (exact) mass is 188 g/mol. The summed E-state index contributed by atoms with van der Waals surface area (Å²) in [5.74, 6) is 0. The first-order chi connectivity index (χ1) is 6.77. The van der Waals surface area contributed by atoms with Gasteiger partial charge >= 0.3 is 0 Å². The van der Waals surface area contributed by atoms with Gasteiger partial charge in [-0.3, -0.25) is 0 Å². The first-order valence-electron chi connectivity index (χ1n) is 5.09. The number of benzene rings is 1. The van der Waals surface area contributed by atoms with E-state index in [4.69, 9.17) is 4.74 Å². The van der Waals surface area contributed by atoms with Crippen molar-refractivity contribution in [2.24, 2.45) is 0 Å². The Morgan fingerprint density at radius 1 is 1.07 bits per heavy atom. The molecule has 0 amide bonds. The molecular formula is C13H16O. The molecule has 0 aliphatic carbocycles. The largest absolute Gasteiger partial charge is 0.369 e. The van der Waals surface area contributed by atoms with E-state index in [1.165, 1.54) is 16.7 Å². The average Bonchev–Trinajstić information content (AvgIpc) is 2.23. The Hall–Kier alpha value is -1.08. The summed E-state index contributed by atoms with van der Waals surface area (Å²) in [5.41, 5.74) is 4.15. The summed E-state index contributed by atoms with van der Waals surface area (Å²) in [6, 6.07) is 10.5. The lowest BCUT2D eigenvalue weighted by molar-refractivity contribution is 0.0578. The van der Waals surface area contributed by atoms with E-state index in [9.17, 15) is 0 Å². The third-order valence-electron chi connectivity index (χ3n) is 2.89. The minimum Gasteiger partial charge on any atom is -0.369 e. The van der Waals surface area contributed by atoms with Gasteiger partial charge < -0.3 is 4.74 Å². The van der Waals surface area contributed by atoms with Gasteiger partial charge in [0.2, 0.25) is 0 Å². The van der Waals surface area contributed by atoms with Gasteiger partial charge in [-0.1, -0.05) is 35.9 Å². The Balaban J connectivity index is 2.17. The first kappa shape index (κ1) is 9.47. The van der Waals surface area contributed by atoms with Gasteiger partial charge in [0.15, 0.2) is 0 Å². The summed E-state index contributed by atoms with van der Waals surface area (Å²) in [6.07, 6.45) is 1.30. The zero-order valence-electron chi connectivity index (χ0n) is 8.79. The quantitative estimate of drug-likeness (QED) is 0.613. The van der Waals surface area contributed by atoms with Crippen LogP contribution in [-0.4, -0.2) is 6.61 Å². The minimum atomic E-state index is 0.264. The molecule has 0 fully saturated rings. The van der Waals surface area contributed by atoms with Gasteiger partial charge in [0.1, 0.15) is 0 Å². The zero-order valence-corrected chi connectivity index (χ0v) is 8.79. The standard InChI is InChI=1S/C13H16O/c1-10-8-13(14-9-11(10)2)12-6-4-3-5-7-12/h3-7,13H,8-9H2,1-2H3/t13-/m1/s1. The van der Waals surface area contributed by atoms with Gasteiger partial charge in [-0.15, -0.1) is 0 Å². The van der Waals surface area contributed by atoms with Crippen LogP contribution in [0.1, 0.15) is 31.9 Å². The van der Waals surface area contributed by atoms with E-state index in [2.05, 4.69) is 38.1 Å². The molecule has 1 heterocycles. The molecule has 1 aliphatic rings. The van der Waals surface area contributed by atoms with E-state index in [0.29, 0.717) is 0 Å². The second-order valence-electron chi connectivity index (χ2n) is 3.98. The molecule has 0 radical (unpaired) electrons. The summed E-state index contributed by atoms with van der Waals surface area (Å²) in [4.78, 5) is 0. The maximum Gasteiger partial charge on any atom is 0.0866 e. The Kier molecular flexibility index (Phi) is 2.69. The molecule has 1 aromatic rings. The van der Waals surface area contributed by atoms with Crippen LogP contribution in [0.4, 0.5) is 0 Å². The fraction of sp³-hybridized carbons (Fsp3) is 0.385. The number of rotatable bonds is 1. The molecule has 1 nitrogen and oxygen atoms in total. The number of ether oxygens (including phenoxy) is 1. The Labute approximate surface area is 85.4 Å². The molecule has 0 unspecified atom stereocenters. The first-order valence-corrected chi connectivity index (χ1v) is 5.09. The van der Waals surface area contributed by atoms with Crippen LogP contribution in [0, 0.1) is 0 Å². The van der Waals surface area contributed by atoms with Crippen LogP contribution in [0.3, 0.4) is 0 Å². The zero-order chi connectivity index (χ0) is 9.97. The van der Waals surface area contributed by atoms with Gasteiger partial charge in [0.25, 0.3) is 0 Å². The smallest absolute Gasteiger partial charge is 0.0866 e. The third kappa shape index (κ3) is 1.88. The van der Waals surface area contributed by atoms with Crippen LogP contribution in [0.15, 0.2) is 41.5 Å². The third-order valence-corrected chi connectivity index (χ3v) is 2.89. The molecule has 1 heteroatoms. The maximum absolute atomic E-state index is 5.79. The molecule has 74 valence electrons. The van der Waals surface area contributed by atoms with Gasteiger partial charge in [-0.05, 0) is 31.4 Å². The van der Waals surface area contributed by atoms with Crippen molar-refractivity contribution in [2.75, 3.05) is 6.61 Å². The average molecular weight is 188 g/mol. The highest BCUT2D eigenvalue weighted by Crippen LogP contribution is 2.30. The van der Waals surface area contributed by atoms with Crippen LogP contribution < -0.4 is 0 Å². The Bertz CT molecular complexity index is 338. The molecule has 1 aromatic carbocycles. The summed E-state index contributed by atoms with van der Waals surface area (Å²) < 4.78 is 5.79. The Morgan fingerprint density at radius 3 is 2.43 bits per heavy atom. The predicted octanol–water partition coefficient (Wildman–Crippen LogP) is 3.48. The van der Waals surface area contributed by atoms with Crippen molar-refractivity contribution in [1.29, 1.82) is 0 Å². The van der Waals surface area contributed by atoms with Crippen LogP contribution >= 0.6 is 0 Å². The molecule has 1 atom stereocenters. The molecule has 0 N–H and O–H groups in total. The summed E-state index contributed by atoms with van der Waals surface area (Å²) in [5, 5.41) is 0. The van der Waals surface area contributed by atoms with Crippen LogP contribution in [0.25, 0.3) is 0 Å². The molecule has 0 saturated carbocycles. The lowest BCUT2D eigenvalue weighted by Gasteiger charge is -2.25. The van der Waals surface area contributed by atoms with Crippen molar-refractivity contribution >= 4 is 0 Å². The van der Waals surface area contributed by atoms with Crippen molar-refractivity contribution in [2.45, 2.75) is 26.4 Å². The van der Waals surface area contributed by atoms with Crippen molar-refractivity contribution in [3.8, 4) is 0 Å². The summed E-state index contributed by atoms with van der Waals surface area (Å²) >= 11 is 0. The van der Waals surface area contributed by atoms with Crippen LogP contribution in [-0.2, 0) is 4.74 Å². The van der Waals surface area contributed by atoms with E-state index in [1.807, 2.05) is 6.07 Å². The van der Waals surface area contributed by atoms with Crippen molar-refractivity contribution in [1.82, 2.24) is 0 Å². The van der Waals surface area contributed by atoms with Crippen LogP contribution in [0.2, 0.25) is 0 Å². The molecule has 0 aromatic heterocycles. The normalized spacial score (nSPS) is 22.6. The van der Waals surface area contributed by atoms with E-state index >= 15 is 0 Å². The van der Waals surface area contributed by atoms with Gasteiger partial charge in [-0.25, -0.2) is 0 Å². The van der Waals surface area contributed by atoms with E-state index in [0.717, 1.165) is 13.0 Å². The van der Waals surface area contributed by atoms with Gasteiger partial charge in [-0.2, -0.15) is 0 Å². The fourth-order valence-corrected chi connectivity index (χ4v) is 1.74. The van der Waals surface area contributed by atoms with E-state index in [-0.39, 0.29) is 6.10 Å². The van der Waals surface area contributed by atoms with E-state index < -0.39 is 0 Å². The summed E-state index contributed by atoms with van der Waals surface area (Å²) in [7, 11) is 0. The lowest BCUT2D eigenvalue weighted by Crippen LogP contribution is -2.13. The molecule has 2 rings (SSSR count). The number of hydrogen-bond acceptors (Lipinski definition) is 1. The lowest BCUT2D eigenvalue weighted by atomic mass is 9.97. The van der Waals surface area contributed by atoms with Crippen molar-refractivity contribution < 1.29 is 4.74 Å². The highest BCUT2D eigenvalue weighted by Gasteiger charge is 2.18. The Morgan fingerprint density at radius 2 is 1.79 bits per heavy atom. The van der Waals surface area contributed by atoms with E-state index in [1.54, 1.807) is 0 Å². The number of hydrogen-bond donors (Lipinski definition) is 0. The topological polar surface area (TPSA) is 9.23 Å². The van der Waals surface area contributed by atoms with Gasteiger partial charge in [0.05, 0.1) is 12.7 Å². The molecule has 0 spiro atoms. The molecular weight excluding hydrogens is 172 g/mol. The molecule has 0 saturated heterocycles. The maximum atomic E-state index is 5.79. The predicted molar refractivity (Wildman–Crippen MR) is 58.1 cm³/mol. The van der Waals surface area contributed by atoms with Gasteiger partial charge in [0, 0.05) is 0 Å². The highest BCUT2D eigenvalue weighted by atomic mass is 16.5. The molecule has 0 bridgehead atoms. The van der Waals surface area contributed by atoms with Crippen LogP contribution in [0.5, 0.6) is 0 Å². The molecule has 1 aliphatic heterocycles.